The van der Waals surface area contributed by atoms with Crippen molar-refractivity contribution in [1.82, 2.24) is 0 Å². The van der Waals surface area contributed by atoms with Crippen molar-refractivity contribution in [3.05, 3.63) is 99.5 Å². The fourth-order valence-electron chi connectivity index (χ4n) is 3.06. The van der Waals surface area contributed by atoms with Crippen molar-refractivity contribution >= 4 is 21.9 Å². The Morgan fingerprint density at radius 3 is 2.39 bits per heavy atom. The van der Waals surface area contributed by atoms with Gasteiger partial charge in [-0.3, -0.25) is 0 Å². The largest absolute Gasteiger partial charge is 0.489 e. The molecule has 3 aromatic carbocycles. The Morgan fingerprint density at radius 2 is 1.64 bits per heavy atom. The average Bonchev–Trinajstić information content (AvgIpc) is 2.73. The predicted octanol–water partition coefficient (Wildman–Crippen LogP) is 5.99. The molecule has 144 valence electrons. The van der Waals surface area contributed by atoms with Gasteiger partial charge in [-0.2, -0.15) is 0 Å². The number of hydrogen-bond donors (Lipinski definition) is 0. The van der Waals surface area contributed by atoms with Crippen LogP contribution in [-0.2, 0) is 24.2 Å². The van der Waals surface area contributed by atoms with Crippen LogP contribution >= 0.6 is 15.9 Å². The molecule has 28 heavy (non-hydrogen) atoms. The minimum Gasteiger partial charge on any atom is -0.489 e. The number of rotatable bonds is 8. The molecule has 0 bridgehead atoms. The lowest BCUT2D eigenvalue weighted by Gasteiger charge is -2.12. The van der Waals surface area contributed by atoms with Crippen LogP contribution in [0.3, 0.4) is 0 Å². The summed E-state index contributed by atoms with van der Waals surface area (Å²) in [5.41, 5.74) is 4.10. The van der Waals surface area contributed by atoms with E-state index in [0.29, 0.717) is 12.2 Å². The molecule has 0 fully saturated rings. The molecule has 0 aliphatic heterocycles. The molecule has 0 N–H and O–H groups in total. The first-order chi connectivity index (χ1) is 13.7. The molecule has 3 aromatic rings. The Hall–Kier alpha value is -2.59. The van der Waals surface area contributed by atoms with E-state index >= 15 is 0 Å². The lowest BCUT2D eigenvalue weighted by molar-refractivity contribution is 0.0599. The van der Waals surface area contributed by atoms with Gasteiger partial charge >= 0.3 is 5.97 Å². The number of benzene rings is 3. The van der Waals surface area contributed by atoms with E-state index in [0.717, 1.165) is 35.0 Å². The number of ether oxygens (including phenoxy) is 2. The second kappa shape index (κ2) is 10.1. The second-order valence-corrected chi connectivity index (χ2v) is 7.40. The van der Waals surface area contributed by atoms with Crippen LogP contribution in [0.1, 0.15) is 33.5 Å². The lowest BCUT2D eigenvalue weighted by Crippen LogP contribution is -2.03. The topological polar surface area (TPSA) is 35.5 Å². The zero-order chi connectivity index (χ0) is 19.8. The molecule has 0 aromatic heterocycles. The Morgan fingerprint density at radius 1 is 0.893 bits per heavy atom. The monoisotopic (exact) mass is 438 g/mol. The van der Waals surface area contributed by atoms with Gasteiger partial charge in [0, 0.05) is 4.47 Å². The second-order valence-electron chi connectivity index (χ2n) is 6.54. The van der Waals surface area contributed by atoms with E-state index in [2.05, 4.69) is 34.1 Å². The maximum atomic E-state index is 11.7. The van der Waals surface area contributed by atoms with Crippen LogP contribution in [-0.4, -0.2) is 13.1 Å². The number of carbonyl (C=O) groups is 1. The molecule has 4 heteroatoms. The highest BCUT2D eigenvalue weighted by Gasteiger charge is 2.10. The van der Waals surface area contributed by atoms with Gasteiger partial charge in [0.2, 0.25) is 0 Å². The number of aryl methyl sites for hydroxylation is 2. The highest BCUT2D eigenvalue weighted by atomic mass is 79.9. The Labute approximate surface area is 174 Å². The first kappa shape index (κ1) is 20.2. The van der Waals surface area contributed by atoms with Gasteiger partial charge in [-0.15, -0.1) is 0 Å². The first-order valence-corrected chi connectivity index (χ1v) is 10.1. The number of halogens is 1. The predicted molar refractivity (Wildman–Crippen MR) is 115 cm³/mol. The van der Waals surface area contributed by atoms with Crippen LogP contribution in [0.4, 0.5) is 0 Å². The van der Waals surface area contributed by atoms with E-state index in [-0.39, 0.29) is 5.97 Å². The van der Waals surface area contributed by atoms with Crippen LogP contribution in [0.15, 0.2) is 77.3 Å². The summed E-state index contributed by atoms with van der Waals surface area (Å²) in [6, 6.07) is 24.2. The molecule has 0 atom stereocenters. The smallest absolute Gasteiger partial charge is 0.338 e. The van der Waals surface area contributed by atoms with E-state index in [1.54, 1.807) is 0 Å². The maximum Gasteiger partial charge on any atom is 0.338 e. The summed E-state index contributed by atoms with van der Waals surface area (Å²) in [6.45, 7) is 0.569. The van der Waals surface area contributed by atoms with E-state index in [9.17, 15) is 4.79 Å². The molecule has 3 nitrogen and oxygen atoms in total. The number of hydrogen-bond acceptors (Lipinski definition) is 3. The van der Waals surface area contributed by atoms with Crippen LogP contribution in [0.5, 0.6) is 5.75 Å². The Bertz CT molecular complexity index is 922. The van der Waals surface area contributed by atoms with Crippen molar-refractivity contribution in [1.29, 1.82) is 0 Å². The Kier molecular flexibility index (Phi) is 7.26. The zero-order valence-corrected chi connectivity index (χ0v) is 17.4. The van der Waals surface area contributed by atoms with Gasteiger partial charge in [-0.25, -0.2) is 4.79 Å². The quantitative estimate of drug-likeness (QED) is 0.405. The molecule has 0 spiro atoms. The molecule has 0 unspecified atom stereocenters. The molecule has 0 heterocycles. The summed E-state index contributed by atoms with van der Waals surface area (Å²) in [5.74, 6) is 0.608. The number of esters is 1. The normalized spacial score (nSPS) is 10.5. The highest BCUT2D eigenvalue weighted by molar-refractivity contribution is 9.10. The summed E-state index contributed by atoms with van der Waals surface area (Å²) in [7, 11) is 1.39. The fourth-order valence-corrected chi connectivity index (χ4v) is 3.65. The third kappa shape index (κ3) is 5.46. The number of carbonyl (C=O) groups excluding carboxylic acids is 1. The van der Waals surface area contributed by atoms with E-state index < -0.39 is 0 Å². The van der Waals surface area contributed by atoms with Crippen molar-refractivity contribution in [2.75, 3.05) is 7.11 Å². The maximum absolute atomic E-state index is 11.7. The first-order valence-electron chi connectivity index (χ1n) is 9.29. The van der Waals surface area contributed by atoms with Crippen LogP contribution in [0.2, 0.25) is 0 Å². The van der Waals surface area contributed by atoms with Crippen molar-refractivity contribution in [2.24, 2.45) is 0 Å². The van der Waals surface area contributed by atoms with Gasteiger partial charge in [0.05, 0.1) is 12.7 Å². The summed E-state index contributed by atoms with van der Waals surface area (Å²) in [5, 5.41) is 0. The summed E-state index contributed by atoms with van der Waals surface area (Å²) < 4.78 is 11.6. The number of methoxy groups -OCH3 is 1. The average molecular weight is 439 g/mol. The highest BCUT2D eigenvalue weighted by Crippen LogP contribution is 2.23. The molecule has 0 radical (unpaired) electrons. The van der Waals surface area contributed by atoms with Crippen LogP contribution < -0.4 is 4.74 Å². The van der Waals surface area contributed by atoms with Gasteiger partial charge in [0.15, 0.2) is 0 Å². The summed E-state index contributed by atoms with van der Waals surface area (Å²) >= 11 is 3.46. The van der Waals surface area contributed by atoms with Gasteiger partial charge in [0.1, 0.15) is 12.4 Å². The molecule has 0 saturated carbocycles. The molecule has 0 aliphatic carbocycles. The van der Waals surface area contributed by atoms with Gasteiger partial charge in [-0.1, -0.05) is 54.6 Å². The molecular weight excluding hydrogens is 416 g/mol. The van der Waals surface area contributed by atoms with Crippen molar-refractivity contribution in [3.8, 4) is 5.75 Å². The van der Waals surface area contributed by atoms with Crippen LogP contribution in [0, 0.1) is 0 Å². The van der Waals surface area contributed by atoms with E-state index in [1.165, 1.54) is 18.2 Å². The molecular formula is C24H23BrO3. The summed E-state index contributed by atoms with van der Waals surface area (Å²) in [6.07, 6.45) is 2.85. The van der Waals surface area contributed by atoms with E-state index in [1.807, 2.05) is 54.6 Å². The summed E-state index contributed by atoms with van der Waals surface area (Å²) in [4.78, 5) is 11.7. The zero-order valence-electron chi connectivity index (χ0n) is 15.9. The van der Waals surface area contributed by atoms with Crippen molar-refractivity contribution in [2.45, 2.75) is 25.9 Å². The van der Waals surface area contributed by atoms with Gasteiger partial charge in [0.25, 0.3) is 0 Å². The standard InChI is InChI=1S/C24H23BrO3/c1-27-24(26)21-15-14-18(16-22(21)25)10-7-12-20-11-5-6-13-23(20)28-17-19-8-3-2-4-9-19/h2-6,8-9,11,13-16H,7,10,12,17H2,1H3. The third-order valence-electron chi connectivity index (χ3n) is 4.56. The van der Waals surface area contributed by atoms with Crippen molar-refractivity contribution < 1.29 is 14.3 Å². The van der Waals surface area contributed by atoms with Crippen molar-refractivity contribution in [3.63, 3.8) is 0 Å². The molecule has 0 aliphatic rings. The van der Waals surface area contributed by atoms with E-state index in [4.69, 9.17) is 9.47 Å². The molecule has 3 rings (SSSR count). The molecule has 0 amide bonds. The fraction of sp³-hybridized carbons (Fsp3) is 0.208. The van der Waals surface area contributed by atoms with Crippen LogP contribution in [0.25, 0.3) is 0 Å². The van der Waals surface area contributed by atoms with Gasteiger partial charge in [-0.05, 0) is 70.1 Å². The third-order valence-corrected chi connectivity index (χ3v) is 5.22. The Balaban J connectivity index is 1.58. The van der Waals surface area contributed by atoms with Gasteiger partial charge < -0.3 is 9.47 Å². The SMILES string of the molecule is COC(=O)c1ccc(CCCc2ccccc2OCc2ccccc2)cc1Br. The number of para-hydroxylation sites is 1. The minimum absolute atomic E-state index is 0.331. The molecule has 0 saturated heterocycles. The lowest BCUT2D eigenvalue weighted by atomic mass is 10.0. The minimum atomic E-state index is -0.331.